The molecule has 2 rings (SSSR count). The first-order chi connectivity index (χ1) is 7.62. The van der Waals surface area contributed by atoms with Crippen molar-refractivity contribution >= 4 is 0 Å². The molecule has 0 radical (unpaired) electrons. The molecule has 1 spiro atoms. The minimum Gasteiger partial charge on any atom is -0.316 e. The summed E-state index contributed by atoms with van der Waals surface area (Å²) < 4.78 is 0. The Morgan fingerprint density at radius 3 is 2.81 bits per heavy atom. The molecule has 16 heavy (non-hydrogen) atoms. The lowest BCUT2D eigenvalue weighted by Gasteiger charge is -2.49. The third-order valence-electron chi connectivity index (χ3n) is 4.94. The van der Waals surface area contributed by atoms with Crippen LogP contribution in [0.15, 0.2) is 0 Å². The van der Waals surface area contributed by atoms with Gasteiger partial charge in [-0.15, -0.1) is 0 Å². The highest BCUT2D eigenvalue weighted by Gasteiger charge is 2.42. The average molecular weight is 223 g/mol. The Balaban J connectivity index is 2.07. The lowest BCUT2D eigenvalue weighted by atomic mass is 9.59. The van der Waals surface area contributed by atoms with E-state index in [1.54, 1.807) is 0 Å². The highest BCUT2D eigenvalue weighted by Crippen LogP contribution is 2.50. The molecule has 1 heterocycles. The molecule has 3 atom stereocenters. The standard InChI is InChI=1S/C15H29N/c1-12(2)9-14-11-16-8-7-15(14)6-4-5-13(3)10-15/h12-14,16H,4-11H2,1-3H3. The third kappa shape index (κ3) is 2.61. The molecule has 0 amide bonds. The van der Waals surface area contributed by atoms with Gasteiger partial charge in [0, 0.05) is 0 Å². The molecule has 1 N–H and O–H groups in total. The van der Waals surface area contributed by atoms with Crippen molar-refractivity contribution in [3.8, 4) is 0 Å². The number of piperidine rings is 1. The van der Waals surface area contributed by atoms with E-state index >= 15 is 0 Å². The Bertz CT molecular complexity index is 219. The molecular formula is C15H29N. The quantitative estimate of drug-likeness (QED) is 0.750. The van der Waals surface area contributed by atoms with Crippen LogP contribution in [0.25, 0.3) is 0 Å². The molecule has 2 fully saturated rings. The molecule has 0 aromatic rings. The van der Waals surface area contributed by atoms with Crippen molar-refractivity contribution in [3.05, 3.63) is 0 Å². The van der Waals surface area contributed by atoms with E-state index in [9.17, 15) is 0 Å². The fourth-order valence-corrected chi connectivity index (χ4v) is 4.24. The van der Waals surface area contributed by atoms with Gasteiger partial charge in [0.2, 0.25) is 0 Å². The van der Waals surface area contributed by atoms with Crippen molar-refractivity contribution < 1.29 is 0 Å². The van der Waals surface area contributed by atoms with Crippen molar-refractivity contribution in [1.29, 1.82) is 0 Å². The Kier molecular flexibility index (Phi) is 3.94. The fourth-order valence-electron chi connectivity index (χ4n) is 4.24. The zero-order chi connectivity index (χ0) is 11.6. The van der Waals surface area contributed by atoms with E-state index in [-0.39, 0.29) is 0 Å². The first kappa shape index (κ1) is 12.4. The zero-order valence-electron chi connectivity index (χ0n) is 11.4. The largest absolute Gasteiger partial charge is 0.316 e. The Hall–Kier alpha value is -0.0400. The highest BCUT2D eigenvalue weighted by molar-refractivity contribution is 4.95. The van der Waals surface area contributed by atoms with Gasteiger partial charge in [-0.05, 0) is 61.9 Å². The minimum absolute atomic E-state index is 0.715. The van der Waals surface area contributed by atoms with Gasteiger partial charge in [-0.3, -0.25) is 0 Å². The second kappa shape index (κ2) is 5.08. The van der Waals surface area contributed by atoms with E-state index in [1.165, 1.54) is 51.6 Å². The summed E-state index contributed by atoms with van der Waals surface area (Å²) in [5.41, 5.74) is 0.715. The van der Waals surface area contributed by atoms with Crippen LogP contribution in [-0.4, -0.2) is 13.1 Å². The summed E-state index contributed by atoms with van der Waals surface area (Å²) in [5.74, 6) is 2.78. The average Bonchev–Trinajstić information content (AvgIpc) is 2.21. The fraction of sp³-hybridized carbons (Fsp3) is 1.00. The van der Waals surface area contributed by atoms with Crippen molar-refractivity contribution in [2.75, 3.05) is 13.1 Å². The van der Waals surface area contributed by atoms with Gasteiger partial charge in [0.05, 0.1) is 0 Å². The predicted octanol–water partition coefficient (Wildman–Crippen LogP) is 3.84. The van der Waals surface area contributed by atoms with Crippen molar-refractivity contribution in [2.45, 2.75) is 59.3 Å². The van der Waals surface area contributed by atoms with Crippen LogP contribution in [-0.2, 0) is 0 Å². The number of nitrogens with one attached hydrogen (secondary N) is 1. The molecule has 0 aromatic heterocycles. The number of rotatable bonds is 2. The predicted molar refractivity (Wildman–Crippen MR) is 70.5 cm³/mol. The molecule has 1 aliphatic heterocycles. The van der Waals surface area contributed by atoms with Crippen LogP contribution in [0.2, 0.25) is 0 Å². The molecule has 1 heteroatoms. The molecule has 94 valence electrons. The molecular weight excluding hydrogens is 194 g/mol. The smallest absolute Gasteiger partial charge is 0.00151 e. The number of hydrogen-bond acceptors (Lipinski definition) is 1. The summed E-state index contributed by atoms with van der Waals surface area (Å²) in [4.78, 5) is 0. The normalized spacial score (nSPS) is 40.5. The van der Waals surface area contributed by atoms with Crippen LogP contribution in [0.4, 0.5) is 0 Å². The summed E-state index contributed by atoms with van der Waals surface area (Å²) in [6.07, 6.45) is 8.84. The van der Waals surface area contributed by atoms with Crippen LogP contribution in [0.1, 0.15) is 59.3 Å². The monoisotopic (exact) mass is 223 g/mol. The zero-order valence-corrected chi connectivity index (χ0v) is 11.4. The van der Waals surface area contributed by atoms with Gasteiger partial charge < -0.3 is 5.32 Å². The maximum atomic E-state index is 3.63. The molecule has 3 unspecified atom stereocenters. The molecule has 2 aliphatic rings. The van der Waals surface area contributed by atoms with Crippen LogP contribution in [0.3, 0.4) is 0 Å². The van der Waals surface area contributed by atoms with Crippen molar-refractivity contribution in [2.24, 2.45) is 23.2 Å². The Labute approximate surface area is 101 Å². The third-order valence-corrected chi connectivity index (χ3v) is 4.94. The van der Waals surface area contributed by atoms with Gasteiger partial charge in [-0.2, -0.15) is 0 Å². The Morgan fingerprint density at radius 2 is 2.12 bits per heavy atom. The van der Waals surface area contributed by atoms with Gasteiger partial charge in [0.1, 0.15) is 0 Å². The number of hydrogen-bond donors (Lipinski definition) is 1. The maximum Gasteiger partial charge on any atom is -0.00151 e. The van der Waals surface area contributed by atoms with Crippen LogP contribution in [0.5, 0.6) is 0 Å². The highest BCUT2D eigenvalue weighted by atomic mass is 14.9. The van der Waals surface area contributed by atoms with Crippen LogP contribution >= 0.6 is 0 Å². The lowest BCUT2D eigenvalue weighted by molar-refractivity contribution is 0.0258. The second-order valence-electron chi connectivity index (χ2n) is 6.84. The SMILES string of the molecule is CC(C)CC1CNCCC12CCCC(C)C2. The summed E-state index contributed by atoms with van der Waals surface area (Å²) >= 11 is 0. The van der Waals surface area contributed by atoms with Gasteiger partial charge >= 0.3 is 0 Å². The summed E-state index contributed by atoms with van der Waals surface area (Å²) in [7, 11) is 0. The van der Waals surface area contributed by atoms with E-state index in [0.29, 0.717) is 5.41 Å². The molecule has 1 aliphatic carbocycles. The van der Waals surface area contributed by atoms with Gasteiger partial charge in [-0.25, -0.2) is 0 Å². The first-order valence-electron chi connectivity index (χ1n) is 7.33. The Morgan fingerprint density at radius 1 is 1.31 bits per heavy atom. The summed E-state index contributed by atoms with van der Waals surface area (Å²) in [6.45, 7) is 9.78. The topological polar surface area (TPSA) is 12.0 Å². The van der Waals surface area contributed by atoms with E-state index in [2.05, 4.69) is 26.1 Å². The van der Waals surface area contributed by atoms with Gasteiger partial charge in [0.15, 0.2) is 0 Å². The molecule has 1 saturated carbocycles. The maximum absolute atomic E-state index is 3.63. The molecule has 0 bridgehead atoms. The lowest BCUT2D eigenvalue weighted by Crippen LogP contribution is -2.47. The summed E-state index contributed by atoms with van der Waals surface area (Å²) in [5, 5.41) is 3.63. The second-order valence-corrected chi connectivity index (χ2v) is 6.84. The van der Waals surface area contributed by atoms with Crippen LogP contribution in [0, 0.1) is 23.2 Å². The van der Waals surface area contributed by atoms with Gasteiger partial charge in [-0.1, -0.05) is 33.6 Å². The summed E-state index contributed by atoms with van der Waals surface area (Å²) in [6, 6.07) is 0. The van der Waals surface area contributed by atoms with Crippen molar-refractivity contribution in [1.82, 2.24) is 5.32 Å². The molecule has 0 aromatic carbocycles. The molecule has 1 nitrogen and oxygen atoms in total. The van der Waals surface area contributed by atoms with E-state index in [4.69, 9.17) is 0 Å². The van der Waals surface area contributed by atoms with E-state index in [0.717, 1.165) is 17.8 Å². The minimum atomic E-state index is 0.715. The first-order valence-corrected chi connectivity index (χ1v) is 7.33. The van der Waals surface area contributed by atoms with E-state index < -0.39 is 0 Å². The van der Waals surface area contributed by atoms with Crippen molar-refractivity contribution in [3.63, 3.8) is 0 Å². The molecule has 1 saturated heterocycles. The van der Waals surface area contributed by atoms with Crippen LogP contribution < -0.4 is 5.32 Å². The van der Waals surface area contributed by atoms with Gasteiger partial charge in [0.25, 0.3) is 0 Å². The van der Waals surface area contributed by atoms with E-state index in [1.807, 2.05) is 0 Å².